The summed E-state index contributed by atoms with van der Waals surface area (Å²) in [5, 5.41) is 8.49. The lowest BCUT2D eigenvalue weighted by molar-refractivity contribution is 0.341. The fourth-order valence-corrected chi connectivity index (χ4v) is 2.36. The highest BCUT2D eigenvalue weighted by atomic mass is 35.5. The monoisotopic (exact) mass is 239 g/mol. The molecule has 0 radical (unpaired) electrons. The third-order valence-electron chi connectivity index (χ3n) is 3.26. The largest absolute Gasteiger partial charge is 0.306 e. The van der Waals surface area contributed by atoms with Gasteiger partial charge in [0.2, 0.25) is 0 Å². The van der Waals surface area contributed by atoms with Crippen molar-refractivity contribution in [3.63, 3.8) is 0 Å². The van der Waals surface area contributed by atoms with Crippen LogP contribution in [0.5, 0.6) is 0 Å². The molecule has 1 saturated heterocycles. The zero-order chi connectivity index (χ0) is 11.4. The van der Waals surface area contributed by atoms with E-state index in [0.29, 0.717) is 5.15 Å². The van der Waals surface area contributed by atoms with E-state index >= 15 is 0 Å². The van der Waals surface area contributed by atoms with Crippen LogP contribution in [0, 0.1) is 5.92 Å². The Balaban J connectivity index is 1.91. The Morgan fingerprint density at radius 1 is 1.31 bits per heavy atom. The van der Waals surface area contributed by atoms with Gasteiger partial charge in [-0.15, -0.1) is 5.10 Å². The van der Waals surface area contributed by atoms with Gasteiger partial charge in [0.1, 0.15) is 0 Å². The molecule has 88 valence electrons. The van der Waals surface area contributed by atoms with E-state index in [0.717, 1.165) is 18.0 Å². The highest BCUT2D eigenvalue weighted by Gasteiger charge is 2.15. The van der Waals surface area contributed by atoms with Crippen LogP contribution in [0.2, 0.25) is 5.15 Å². The van der Waals surface area contributed by atoms with Crippen LogP contribution < -0.4 is 0 Å². The van der Waals surface area contributed by atoms with Crippen LogP contribution in [0.15, 0.2) is 12.1 Å². The maximum Gasteiger partial charge on any atom is 0.151 e. The summed E-state index contributed by atoms with van der Waals surface area (Å²) < 4.78 is 0. The third-order valence-corrected chi connectivity index (χ3v) is 3.46. The maximum atomic E-state index is 5.72. The Hall–Kier alpha value is -0.670. The Morgan fingerprint density at radius 3 is 2.94 bits per heavy atom. The molecule has 0 bridgehead atoms. The van der Waals surface area contributed by atoms with Gasteiger partial charge in [0.05, 0.1) is 5.69 Å². The standard InChI is InChI=1S/C12H18ClN3/c1-16-7-2-3-10(6-8-16)9-11-4-5-12(13)15-14-11/h4-5,10H,2-3,6-9H2,1H3. The van der Waals surface area contributed by atoms with Crippen molar-refractivity contribution in [2.24, 2.45) is 5.92 Å². The van der Waals surface area contributed by atoms with E-state index in [1.807, 2.05) is 12.1 Å². The van der Waals surface area contributed by atoms with Gasteiger partial charge in [0, 0.05) is 0 Å². The van der Waals surface area contributed by atoms with Gasteiger partial charge in [0.15, 0.2) is 5.15 Å². The number of likely N-dealkylation sites (tertiary alicyclic amines) is 1. The number of aromatic nitrogens is 2. The fraction of sp³-hybridized carbons (Fsp3) is 0.667. The average Bonchev–Trinajstić information content (AvgIpc) is 2.47. The molecule has 2 rings (SSSR count). The first-order chi connectivity index (χ1) is 7.74. The molecule has 1 fully saturated rings. The molecule has 0 aliphatic carbocycles. The first-order valence-corrected chi connectivity index (χ1v) is 6.28. The zero-order valence-corrected chi connectivity index (χ0v) is 10.5. The smallest absolute Gasteiger partial charge is 0.151 e. The van der Waals surface area contributed by atoms with Gasteiger partial charge in [-0.2, -0.15) is 5.10 Å². The molecular formula is C12H18ClN3. The van der Waals surface area contributed by atoms with Crippen molar-refractivity contribution in [3.05, 3.63) is 23.0 Å². The van der Waals surface area contributed by atoms with Crippen molar-refractivity contribution in [2.45, 2.75) is 25.7 Å². The predicted molar refractivity (Wildman–Crippen MR) is 65.6 cm³/mol. The van der Waals surface area contributed by atoms with Crippen molar-refractivity contribution < 1.29 is 0 Å². The first kappa shape index (κ1) is 11.8. The highest BCUT2D eigenvalue weighted by molar-refractivity contribution is 6.29. The van der Waals surface area contributed by atoms with E-state index in [4.69, 9.17) is 11.6 Å². The SMILES string of the molecule is CN1CCCC(Cc2ccc(Cl)nn2)CC1. The van der Waals surface area contributed by atoms with Crippen LogP contribution in [0.4, 0.5) is 0 Å². The van der Waals surface area contributed by atoms with E-state index in [2.05, 4.69) is 22.1 Å². The molecule has 4 heteroatoms. The van der Waals surface area contributed by atoms with Crippen LogP contribution in [0.25, 0.3) is 0 Å². The lowest BCUT2D eigenvalue weighted by Gasteiger charge is -2.14. The lowest BCUT2D eigenvalue weighted by atomic mass is 9.95. The van der Waals surface area contributed by atoms with Crippen LogP contribution >= 0.6 is 11.6 Å². The Labute approximate surface area is 102 Å². The number of hydrogen-bond acceptors (Lipinski definition) is 3. The molecule has 3 nitrogen and oxygen atoms in total. The van der Waals surface area contributed by atoms with Crippen LogP contribution in [-0.2, 0) is 6.42 Å². The minimum atomic E-state index is 0.476. The van der Waals surface area contributed by atoms with Gasteiger partial charge < -0.3 is 4.90 Å². The topological polar surface area (TPSA) is 29.0 Å². The van der Waals surface area contributed by atoms with Crippen molar-refractivity contribution in [1.82, 2.24) is 15.1 Å². The molecule has 0 saturated carbocycles. The van der Waals surface area contributed by atoms with Gasteiger partial charge in [-0.05, 0) is 63.9 Å². The molecule has 1 aromatic rings. The highest BCUT2D eigenvalue weighted by Crippen LogP contribution is 2.20. The molecular weight excluding hydrogens is 222 g/mol. The third kappa shape index (κ3) is 3.42. The van der Waals surface area contributed by atoms with Crippen molar-refractivity contribution in [2.75, 3.05) is 20.1 Å². The Bertz CT molecular complexity index is 326. The van der Waals surface area contributed by atoms with E-state index in [1.165, 1.54) is 32.4 Å². The van der Waals surface area contributed by atoms with Crippen LogP contribution in [0.3, 0.4) is 0 Å². The molecule has 2 heterocycles. The lowest BCUT2D eigenvalue weighted by Crippen LogP contribution is -2.19. The molecule has 1 aliphatic heterocycles. The van der Waals surface area contributed by atoms with Crippen LogP contribution in [-0.4, -0.2) is 35.2 Å². The molecule has 0 spiro atoms. The van der Waals surface area contributed by atoms with Gasteiger partial charge in [-0.3, -0.25) is 0 Å². The van der Waals surface area contributed by atoms with Gasteiger partial charge >= 0.3 is 0 Å². The summed E-state index contributed by atoms with van der Waals surface area (Å²) in [4.78, 5) is 2.41. The van der Waals surface area contributed by atoms with E-state index < -0.39 is 0 Å². The maximum absolute atomic E-state index is 5.72. The normalized spacial score (nSPS) is 23.0. The molecule has 1 unspecified atom stereocenters. The average molecular weight is 240 g/mol. The quantitative estimate of drug-likeness (QED) is 0.794. The Morgan fingerprint density at radius 2 is 2.19 bits per heavy atom. The van der Waals surface area contributed by atoms with E-state index in [1.54, 1.807) is 0 Å². The summed E-state index contributed by atoms with van der Waals surface area (Å²) in [5.74, 6) is 0.750. The zero-order valence-electron chi connectivity index (χ0n) is 9.69. The van der Waals surface area contributed by atoms with E-state index in [-0.39, 0.29) is 0 Å². The van der Waals surface area contributed by atoms with Crippen LogP contribution in [0.1, 0.15) is 25.0 Å². The van der Waals surface area contributed by atoms with Gasteiger partial charge in [-0.1, -0.05) is 11.6 Å². The summed E-state index contributed by atoms with van der Waals surface area (Å²) >= 11 is 5.72. The van der Waals surface area contributed by atoms with Gasteiger partial charge in [0.25, 0.3) is 0 Å². The van der Waals surface area contributed by atoms with E-state index in [9.17, 15) is 0 Å². The predicted octanol–water partition coefficient (Wildman–Crippen LogP) is 2.40. The number of nitrogens with zero attached hydrogens (tertiary/aromatic N) is 3. The molecule has 0 aromatic carbocycles. The second-order valence-electron chi connectivity index (χ2n) is 4.65. The van der Waals surface area contributed by atoms with Crippen molar-refractivity contribution in [3.8, 4) is 0 Å². The molecule has 1 aliphatic rings. The summed E-state index contributed by atoms with van der Waals surface area (Å²) in [5.41, 5.74) is 1.07. The Kier molecular flexibility index (Phi) is 4.13. The van der Waals surface area contributed by atoms with Gasteiger partial charge in [-0.25, -0.2) is 0 Å². The fourth-order valence-electron chi connectivity index (χ4n) is 2.26. The molecule has 16 heavy (non-hydrogen) atoms. The molecule has 0 amide bonds. The summed E-state index contributed by atoms with van der Waals surface area (Å²) in [7, 11) is 2.20. The van der Waals surface area contributed by atoms with Crippen molar-refractivity contribution in [1.29, 1.82) is 0 Å². The number of hydrogen-bond donors (Lipinski definition) is 0. The molecule has 0 N–H and O–H groups in total. The van der Waals surface area contributed by atoms with Crippen molar-refractivity contribution >= 4 is 11.6 Å². The second kappa shape index (κ2) is 5.60. The summed E-state index contributed by atoms with van der Waals surface area (Å²) in [6.45, 7) is 2.43. The minimum Gasteiger partial charge on any atom is -0.306 e. The minimum absolute atomic E-state index is 0.476. The number of halogens is 1. The molecule has 1 atom stereocenters. The second-order valence-corrected chi connectivity index (χ2v) is 5.04. The summed E-state index contributed by atoms with van der Waals surface area (Å²) in [6.07, 6.45) is 4.90. The molecule has 1 aromatic heterocycles. The number of rotatable bonds is 2. The first-order valence-electron chi connectivity index (χ1n) is 5.90. The summed E-state index contributed by atoms with van der Waals surface area (Å²) in [6, 6.07) is 3.82.